The second kappa shape index (κ2) is 8.89. The van der Waals surface area contributed by atoms with Gasteiger partial charge >= 0.3 is 0 Å². The lowest BCUT2D eigenvalue weighted by atomic mass is 10.5. The summed E-state index contributed by atoms with van der Waals surface area (Å²) in [5.74, 6) is 0. The van der Waals surface area contributed by atoms with Crippen LogP contribution in [0, 0.1) is 0 Å². The summed E-state index contributed by atoms with van der Waals surface area (Å²) in [6.07, 6.45) is -0.105. The van der Waals surface area contributed by atoms with Crippen molar-refractivity contribution in [2.24, 2.45) is 5.73 Å². The van der Waals surface area contributed by atoms with E-state index in [-0.39, 0.29) is 6.29 Å². The fourth-order valence-corrected chi connectivity index (χ4v) is 0.778. The average molecular weight is 175 g/mol. The van der Waals surface area contributed by atoms with Gasteiger partial charge in [0.05, 0.1) is 0 Å². The molecule has 0 aliphatic rings. The summed E-state index contributed by atoms with van der Waals surface area (Å²) >= 11 is 0. The summed E-state index contributed by atoms with van der Waals surface area (Å²) in [5, 5.41) is 12.3. The molecule has 0 saturated heterocycles. The van der Waals surface area contributed by atoms with Crippen molar-refractivity contribution < 1.29 is 0 Å². The molecule has 0 spiro atoms. The number of hydrogen-bond acceptors (Lipinski definition) is 5. The van der Waals surface area contributed by atoms with Crippen molar-refractivity contribution in [2.45, 2.75) is 6.29 Å². The molecule has 0 aromatic rings. The molecule has 0 aromatic heterocycles. The van der Waals surface area contributed by atoms with E-state index in [9.17, 15) is 0 Å². The summed E-state index contributed by atoms with van der Waals surface area (Å²) in [6, 6.07) is 0. The number of nitrogens with one attached hydrogen (secondary N) is 4. The van der Waals surface area contributed by atoms with Crippen molar-refractivity contribution in [2.75, 3.05) is 40.3 Å². The molecule has 0 amide bonds. The third-order valence-corrected chi connectivity index (χ3v) is 1.48. The van der Waals surface area contributed by atoms with Crippen molar-refractivity contribution in [3.05, 3.63) is 0 Å². The van der Waals surface area contributed by atoms with Crippen molar-refractivity contribution in [1.29, 1.82) is 0 Å². The molecule has 0 unspecified atom stereocenters. The molecule has 74 valence electrons. The Morgan fingerprint density at radius 3 is 1.67 bits per heavy atom. The van der Waals surface area contributed by atoms with Crippen LogP contribution in [0.25, 0.3) is 0 Å². The fraction of sp³-hybridized carbons (Fsp3) is 1.00. The SMILES string of the molecule is CNCCNC(N)NCCNC. The van der Waals surface area contributed by atoms with Crippen LogP contribution in [0.5, 0.6) is 0 Å². The Balaban J connectivity index is 3.04. The molecule has 0 atom stereocenters. The van der Waals surface area contributed by atoms with Crippen LogP contribution >= 0.6 is 0 Å². The van der Waals surface area contributed by atoms with Gasteiger partial charge in [0, 0.05) is 26.2 Å². The van der Waals surface area contributed by atoms with Gasteiger partial charge in [-0.3, -0.25) is 10.6 Å². The van der Waals surface area contributed by atoms with Crippen molar-refractivity contribution in [3.8, 4) is 0 Å². The molecule has 0 fully saturated rings. The monoisotopic (exact) mass is 175 g/mol. The van der Waals surface area contributed by atoms with Crippen molar-refractivity contribution >= 4 is 0 Å². The number of likely N-dealkylation sites (N-methyl/N-ethyl adjacent to an activating group) is 2. The van der Waals surface area contributed by atoms with Crippen LogP contribution in [-0.4, -0.2) is 46.6 Å². The number of nitrogens with two attached hydrogens (primary N) is 1. The van der Waals surface area contributed by atoms with E-state index in [0.717, 1.165) is 26.2 Å². The summed E-state index contributed by atoms with van der Waals surface area (Å²) in [4.78, 5) is 0. The van der Waals surface area contributed by atoms with Gasteiger partial charge in [-0.15, -0.1) is 0 Å². The molecule has 5 nitrogen and oxygen atoms in total. The molecule has 0 saturated carbocycles. The van der Waals surface area contributed by atoms with Gasteiger partial charge in [-0.25, -0.2) is 0 Å². The van der Waals surface area contributed by atoms with E-state index >= 15 is 0 Å². The van der Waals surface area contributed by atoms with Gasteiger partial charge in [0.15, 0.2) is 0 Å². The highest BCUT2D eigenvalue weighted by molar-refractivity contribution is 4.58. The second-order valence-corrected chi connectivity index (χ2v) is 2.59. The largest absolute Gasteiger partial charge is 0.318 e. The number of hydrogen-bond donors (Lipinski definition) is 5. The molecule has 0 aliphatic heterocycles. The molecule has 6 N–H and O–H groups in total. The van der Waals surface area contributed by atoms with Crippen LogP contribution in [0.2, 0.25) is 0 Å². The fourth-order valence-electron chi connectivity index (χ4n) is 0.778. The van der Waals surface area contributed by atoms with Crippen LogP contribution in [-0.2, 0) is 0 Å². The highest BCUT2D eigenvalue weighted by Crippen LogP contribution is 1.63. The van der Waals surface area contributed by atoms with Crippen LogP contribution in [0.1, 0.15) is 0 Å². The highest BCUT2D eigenvalue weighted by atomic mass is 15.2. The number of rotatable bonds is 8. The molecule has 5 heteroatoms. The Labute approximate surface area is 74.5 Å². The standard InChI is InChI=1S/C7H21N5/c1-9-3-5-11-7(8)12-6-4-10-2/h7,9-12H,3-6,8H2,1-2H3. The first-order valence-electron chi connectivity index (χ1n) is 4.32. The Bertz CT molecular complexity index is 77.9. The van der Waals surface area contributed by atoms with E-state index < -0.39 is 0 Å². The van der Waals surface area contributed by atoms with E-state index in [2.05, 4.69) is 21.3 Å². The minimum Gasteiger partial charge on any atom is -0.318 e. The van der Waals surface area contributed by atoms with Gasteiger partial charge in [0.2, 0.25) is 0 Å². The predicted molar refractivity (Wildman–Crippen MR) is 51.8 cm³/mol. The minimum absolute atomic E-state index is 0.105. The van der Waals surface area contributed by atoms with Crippen LogP contribution in [0.3, 0.4) is 0 Å². The zero-order chi connectivity index (χ0) is 9.23. The molecule has 0 aliphatic carbocycles. The Hall–Kier alpha value is -0.200. The zero-order valence-corrected chi connectivity index (χ0v) is 7.98. The molecule has 0 radical (unpaired) electrons. The van der Waals surface area contributed by atoms with Crippen molar-refractivity contribution in [3.63, 3.8) is 0 Å². The Kier molecular flexibility index (Phi) is 8.74. The van der Waals surface area contributed by atoms with E-state index in [0.29, 0.717) is 0 Å². The molecular formula is C7H21N5. The van der Waals surface area contributed by atoms with Gasteiger partial charge in [0.25, 0.3) is 0 Å². The molecule has 0 rings (SSSR count). The van der Waals surface area contributed by atoms with E-state index in [1.165, 1.54) is 0 Å². The topological polar surface area (TPSA) is 74.1 Å². The maximum Gasteiger partial charge on any atom is 0.109 e. The maximum absolute atomic E-state index is 5.68. The van der Waals surface area contributed by atoms with Gasteiger partial charge in [-0.05, 0) is 14.1 Å². The average Bonchev–Trinajstić information content (AvgIpc) is 2.06. The Morgan fingerprint density at radius 1 is 0.917 bits per heavy atom. The minimum atomic E-state index is -0.105. The summed E-state index contributed by atoms with van der Waals surface area (Å²) in [5.41, 5.74) is 5.68. The van der Waals surface area contributed by atoms with Gasteiger partial charge in [-0.1, -0.05) is 0 Å². The van der Waals surface area contributed by atoms with E-state index in [1.54, 1.807) is 0 Å². The van der Waals surface area contributed by atoms with Gasteiger partial charge in [0.1, 0.15) is 6.29 Å². The molecule has 0 heterocycles. The first-order chi connectivity index (χ1) is 5.81. The van der Waals surface area contributed by atoms with Gasteiger partial charge in [-0.2, -0.15) is 0 Å². The lowest BCUT2D eigenvalue weighted by Gasteiger charge is -2.14. The quantitative estimate of drug-likeness (QED) is 0.215. The normalized spacial score (nSPS) is 11.0. The van der Waals surface area contributed by atoms with E-state index in [1.807, 2.05) is 14.1 Å². The molecule has 0 aromatic carbocycles. The third-order valence-electron chi connectivity index (χ3n) is 1.48. The van der Waals surface area contributed by atoms with Crippen LogP contribution in [0.15, 0.2) is 0 Å². The lowest BCUT2D eigenvalue weighted by Crippen LogP contribution is -2.52. The Morgan fingerprint density at radius 2 is 1.33 bits per heavy atom. The smallest absolute Gasteiger partial charge is 0.109 e. The molecule has 12 heavy (non-hydrogen) atoms. The third kappa shape index (κ3) is 7.90. The maximum atomic E-state index is 5.68. The first-order valence-corrected chi connectivity index (χ1v) is 4.32. The zero-order valence-electron chi connectivity index (χ0n) is 7.98. The molecular weight excluding hydrogens is 154 g/mol. The highest BCUT2D eigenvalue weighted by Gasteiger charge is 1.96. The summed E-state index contributed by atoms with van der Waals surface area (Å²) in [6.45, 7) is 3.62. The first kappa shape index (κ1) is 11.8. The lowest BCUT2D eigenvalue weighted by molar-refractivity contribution is 0.435. The van der Waals surface area contributed by atoms with E-state index in [4.69, 9.17) is 5.73 Å². The second-order valence-electron chi connectivity index (χ2n) is 2.59. The predicted octanol–water partition coefficient (Wildman–Crippen LogP) is -2.15. The van der Waals surface area contributed by atoms with Gasteiger partial charge < -0.3 is 16.4 Å². The summed E-state index contributed by atoms with van der Waals surface area (Å²) in [7, 11) is 3.84. The summed E-state index contributed by atoms with van der Waals surface area (Å²) < 4.78 is 0. The van der Waals surface area contributed by atoms with Crippen LogP contribution in [0.4, 0.5) is 0 Å². The van der Waals surface area contributed by atoms with Crippen molar-refractivity contribution in [1.82, 2.24) is 21.3 Å². The molecule has 0 bridgehead atoms. The van der Waals surface area contributed by atoms with Crippen LogP contribution < -0.4 is 27.0 Å².